The lowest BCUT2D eigenvalue weighted by Crippen LogP contribution is -1.95. The van der Waals surface area contributed by atoms with Crippen molar-refractivity contribution in [3.05, 3.63) is 70.8 Å². The second-order valence-electron chi connectivity index (χ2n) is 4.63. The van der Waals surface area contributed by atoms with Gasteiger partial charge >= 0.3 is 0 Å². The third kappa shape index (κ3) is 3.32. The predicted molar refractivity (Wildman–Crippen MR) is 77.4 cm³/mol. The van der Waals surface area contributed by atoms with Gasteiger partial charge in [0.05, 0.1) is 5.56 Å². The molecule has 0 aromatic heterocycles. The molecule has 0 radical (unpaired) electrons. The zero-order valence-electron chi connectivity index (χ0n) is 11.1. The molecule has 0 aliphatic carbocycles. The maximum Gasteiger partial charge on any atom is 0.189 e. The lowest BCUT2D eigenvalue weighted by molar-refractivity contribution is 0.104. The monoisotopic (exact) mass is 252 g/mol. The molecule has 96 valence electrons. The number of benzene rings is 2. The highest BCUT2D eigenvalue weighted by Gasteiger charge is 2.07. The van der Waals surface area contributed by atoms with Crippen LogP contribution >= 0.6 is 0 Å². The van der Waals surface area contributed by atoms with E-state index in [0.717, 1.165) is 11.1 Å². The topological polar surface area (TPSA) is 37.3 Å². The number of hydrogen-bond acceptors (Lipinski definition) is 2. The number of phenolic OH excluding ortho intramolecular Hbond substituents is 1. The van der Waals surface area contributed by atoms with Gasteiger partial charge in [0.15, 0.2) is 5.78 Å². The van der Waals surface area contributed by atoms with Crippen molar-refractivity contribution in [3.63, 3.8) is 0 Å². The second-order valence-corrected chi connectivity index (χ2v) is 4.63. The molecule has 0 amide bonds. The second kappa shape index (κ2) is 5.53. The van der Waals surface area contributed by atoms with Crippen LogP contribution in [-0.4, -0.2) is 10.9 Å². The fourth-order valence-electron chi connectivity index (χ4n) is 1.79. The molecule has 0 spiro atoms. The first-order chi connectivity index (χ1) is 9.06. The Morgan fingerprint density at radius 2 is 1.63 bits per heavy atom. The van der Waals surface area contributed by atoms with Crippen molar-refractivity contribution in [1.82, 2.24) is 0 Å². The van der Waals surface area contributed by atoms with Crippen LogP contribution in [0.5, 0.6) is 5.75 Å². The minimum Gasteiger partial charge on any atom is -0.507 e. The molecule has 19 heavy (non-hydrogen) atoms. The molecule has 0 aliphatic rings. The van der Waals surface area contributed by atoms with E-state index >= 15 is 0 Å². The van der Waals surface area contributed by atoms with Gasteiger partial charge in [-0.05, 0) is 37.6 Å². The van der Waals surface area contributed by atoms with Gasteiger partial charge in [0, 0.05) is 0 Å². The van der Waals surface area contributed by atoms with Crippen LogP contribution in [0.3, 0.4) is 0 Å². The predicted octanol–water partition coefficient (Wildman–Crippen LogP) is 3.91. The summed E-state index contributed by atoms with van der Waals surface area (Å²) in [7, 11) is 0. The van der Waals surface area contributed by atoms with Crippen LogP contribution in [0.2, 0.25) is 0 Å². The van der Waals surface area contributed by atoms with Crippen LogP contribution < -0.4 is 0 Å². The molecule has 2 rings (SSSR count). The Morgan fingerprint density at radius 3 is 2.32 bits per heavy atom. The van der Waals surface area contributed by atoms with Crippen LogP contribution in [0, 0.1) is 13.8 Å². The highest BCUT2D eigenvalue weighted by molar-refractivity contribution is 6.08. The Bertz CT molecular complexity index is 622. The Balaban J connectivity index is 2.21. The first-order valence-corrected chi connectivity index (χ1v) is 6.15. The van der Waals surface area contributed by atoms with Crippen LogP contribution in [-0.2, 0) is 0 Å². The van der Waals surface area contributed by atoms with E-state index in [1.54, 1.807) is 24.3 Å². The molecule has 2 aromatic carbocycles. The highest BCUT2D eigenvalue weighted by atomic mass is 16.3. The van der Waals surface area contributed by atoms with E-state index in [9.17, 15) is 9.90 Å². The lowest BCUT2D eigenvalue weighted by atomic mass is 10.1. The molecular weight excluding hydrogens is 236 g/mol. The van der Waals surface area contributed by atoms with Gasteiger partial charge in [-0.25, -0.2) is 0 Å². The number of ketones is 1. The van der Waals surface area contributed by atoms with Crippen molar-refractivity contribution in [1.29, 1.82) is 0 Å². The molecule has 1 N–H and O–H groups in total. The minimum absolute atomic E-state index is 0.0177. The van der Waals surface area contributed by atoms with E-state index in [2.05, 4.69) is 0 Å². The molecule has 2 heteroatoms. The highest BCUT2D eigenvalue weighted by Crippen LogP contribution is 2.19. The molecule has 0 fully saturated rings. The largest absolute Gasteiger partial charge is 0.507 e. The quantitative estimate of drug-likeness (QED) is 0.664. The first-order valence-electron chi connectivity index (χ1n) is 6.15. The Morgan fingerprint density at radius 1 is 1.00 bits per heavy atom. The van der Waals surface area contributed by atoms with Crippen LogP contribution in [0.15, 0.2) is 48.5 Å². The van der Waals surface area contributed by atoms with Crippen LogP contribution in [0.4, 0.5) is 0 Å². The van der Waals surface area contributed by atoms with Crippen LogP contribution in [0.1, 0.15) is 27.0 Å². The number of carbonyl (C=O) groups is 1. The summed E-state index contributed by atoms with van der Waals surface area (Å²) in [6, 6.07) is 12.9. The summed E-state index contributed by atoms with van der Waals surface area (Å²) in [6.07, 6.45) is 3.24. The molecule has 2 aromatic rings. The van der Waals surface area contributed by atoms with Crippen molar-refractivity contribution in [3.8, 4) is 5.75 Å². The molecule has 2 nitrogen and oxygen atoms in total. The number of allylic oxidation sites excluding steroid dienone is 1. The van der Waals surface area contributed by atoms with Gasteiger partial charge in [0.2, 0.25) is 0 Å². The van der Waals surface area contributed by atoms with Gasteiger partial charge in [0.25, 0.3) is 0 Å². The van der Waals surface area contributed by atoms with E-state index in [0.29, 0.717) is 5.56 Å². The molecule has 0 bridgehead atoms. The van der Waals surface area contributed by atoms with Crippen LogP contribution in [0.25, 0.3) is 6.08 Å². The van der Waals surface area contributed by atoms with Gasteiger partial charge in [-0.1, -0.05) is 47.5 Å². The summed E-state index contributed by atoms with van der Waals surface area (Å²) < 4.78 is 0. The Labute approximate surface area is 113 Å². The third-order valence-corrected chi connectivity index (χ3v) is 2.92. The van der Waals surface area contributed by atoms with Gasteiger partial charge < -0.3 is 5.11 Å². The number of rotatable bonds is 3. The lowest BCUT2D eigenvalue weighted by Gasteiger charge is -2.01. The van der Waals surface area contributed by atoms with E-state index < -0.39 is 0 Å². The molecule has 0 saturated heterocycles. The van der Waals surface area contributed by atoms with E-state index in [4.69, 9.17) is 0 Å². The van der Waals surface area contributed by atoms with Crippen molar-refractivity contribution < 1.29 is 9.90 Å². The first kappa shape index (κ1) is 13.1. The van der Waals surface area contributed by atoms with Crippen molar-refractivity contribution in [2.45, 2.75) is 13.8 Å². The Kier molecular flexibility index (Phi) is 3.81. The molecule has 0 unspecified atom stereocenters. The summed E-state index contributed by atoms with van der Waals surface area (Å²) in [4.78, 5) is 12.0. The minimum atomic E-state index is -0.193. The standard InChI is InChI=1S/C17H16O2/c1-12-3-6-14(7-4-12)8-10-17(19)15-11-13(2)5-9-16(15)18/h3-11,18H,1-2H3. The van der Waals surface area contributed by atoms with Crippen molar-refractivity contribution >= 4 is 11.9 Å². The summed E-state index contributed by atoms with van der Waals surface area (Å²) in [5.74, 6) is -0.175. The van der Waals surface area contributed by atoms with E-state index in [-0.39, 0.29) is 11.5 Å². The number of phenols is 1. The van der Waals surface area contributed by atoms with Gasteiger partial charge in [-0.2, -0.15) is 0 Å². The summed E-state index contributed by atoms with van der Waals surface area (Å²) in [6.45, 7) is 3.91. The SMILES string of the molecule is Cc1ccc(C=CC(=O)c2cc(C)ccc2O)cc1. The van der Waals surface area contributed by atoms with Crippen molar-refractivity contribution in [2.75, 3.05) is 0 Å². The molecule has 0 atom stereocenters. The van der Waals surface area contributed by atoms with Gasteiger partial charge in [-0.3, -0.25) is 4.79 Å². The average molecular weight is 252 g/mol. The number of aromatic hydroxyl groups is 1. The molecule has 0 aliphatic heterocycles. The zero-order valence-corrected chi connectivity index (χ0v) is 11.1. The van der Waals surface area contributed by atoms with Crippen molar-refractivity contribution in [2.24, 2.45) is 0 Å². The Hall–Kier alpha value is -2.35. The number of aryl methyl sites for hydroxylation is 2. The fourth-order valence-corrected chi connectivity index (χ4v) is 1.79. The zero-order chi connectivity index (χ0) is 13.8. The smallest absolute Gasteiger partial charge is 0.189 e. The summed E-state index contributed by atoms with van der Waals surface area (Å²) in [5, 5.41) is 9.68. The van der Waals surface area contributed by atoms with Gasteiger partial charge in [0.1, 0.15) is 5.75 Å². The average Bonchev–Trinajstić information content (AvgIpc) is 2.40. The van der Waals surface area contributed by atoms with Gasteiger partial charge in [-0.15, -0.1) is 0 Å². The normalized spacial score (nSPS) is 10.8. The number of carbonyl (C=O) groups excluding carboxylic acids is 1. The number of hydrogen-bond donors (Lipinski definition) is 1. The molecule has 0 heterocycles. The third-order valence-electron chi connectivity index (χ3n) is 2.92. The summed E-state index contributed by atoms with van der Waals surface area (Å²) >= 11 is 0. The maximum atomic E-state index is 12.0. The van der Waals surface area contributed by atoms with E-state index in [1.165, 1.54) is 11.6 Å². The molecular formula is C17H16O2. The summed E-state index contributed by atoms with van der Waals surface area (Å²) in [5.41, 5.74) is 3.43. The molecule has 0 saturated carbocycles. The maximum absolute atomic E-state index is 12.0. The van der Waals surface area contributed by atoms with E-state index in [1.807, 2.05) is 38.1 Å². The fraction of sp³-hybridized carbons (Fsp3) is 0.118.